The van der Waals surface area contributed by atoms with Crippen LogP contribution in [0.25, 0.3) is 0 Å². The Morgan fingerprint density at radius 1 is 1.12 bits per heavy atom. The molecule has 1 aliphatic rings. The van der Waals surface area contributed by atoms with Crippen molar-refractivity contribution in [3.8, 4) is 0 Å². The van der Waals surface area contributed by atoms with E-state index in [-0.39, 0.29) is 11.8 Å². The van der Waals surface area contributed by atoms with E-state index in [9.17, 15) is 9.59 Å². The maximum Gasteiger partial charge on any atom is 0.313 e. The van der Waals surface area contributed by atoms with Crippen LogP contribution in [-0.4, -0.2) is 11.9 Å². The summed E-state index contributed by atoms with van der Waals surface area (Å²) in [6.07, 6.45) is 0.670. The number of esters is 2. The van der Waals surface area contributed by atoms with Gasteiger partial charge in [0.2, 0.25) is 0 Å². The Kier molecular flexibility index (Phi) is 3.04. The predicted octanol–water partition coefficient (Wildman–Crippen LogP) is 2.27. The van der Waals surface area contributed by atoms with E-state index in [0.29, 0.717) is 12.8 Å². The lowest BCUT2D eigenvalue weighted by Gasteiger charge is -2.25. The minimum atomic E-state index is -0.399. The molecule has 1 heterocycles. The summed E-state index contributed by atoms with van der Waals surface area (Å²) >= 11 is 0. The normalized spacial score (nSPS) is 19.3. The molecule has 1 atom stereocenters. The molecule has 0 aliphatic carbocycles. The van der Waals surface area contributed by atoms with Crippen LogP contribution in [0.4, 0.5) is 0 Å². The van der Waals surface area contributed by atoms with Crippen molar-refractivity contribution in [2.24, 2.45) is 5.92 Å². The van der Waals surface area contributed by atoms with Crippen molar-refractivity contribution in [3.63, 3.8) is 0 Å². The first-order valence-corrected chi connectivity index (χ1v) is 5.45. The third-order valence-corrected chi connectivity index (χ3v) is 3.12. The van der Waals surface area contributed by atoms with Crippen LogP contribution in [0.2, 0.25) is 0 Å². The van der Waals surface area contributed by atoms with Crippen LogP contribution in [0.1, 0.15) is 31.2 Å². The number of benzene rings is 1. The molecule has 1 aliphatic heterocycles. The second-order valence-electron chi connectivity index (χ2n) is 4.21. The Bertz CT molecular complexity index is 381. The van der Waals surface area contributed by atoms with Crippen LogP contribution < -0.4 is 0 Å². The first-order valence-electron chi connectivity index (χ1n) is 5.45. The quantitative estimate of drug-likeness (QED) is 0.565. The molecule has 0 radical (unpaired) electrons. The second kappa shape index (κ2) is 4.47. The van der Waals surface area contributed by atoms with Gasteiger partial charge >= 0.3 is 11.9 Å². The number of carbonyl (C=O) groups excluding carboxylic acids is 2. The molecule has 1 aromatic rings. The largest absolute Gasteiger partial charge is 0.393 e. The molecule has 1 saturated heterocycles. The average molecular weight is 218 g/mol. The van der Waals surface area contributed by atoms with E-state index >= 15 is 0 Å². The van der Waals surface area contributed by atoms with Gasteiger partial charge in [-0.05, 0) is 17.4 Å². The van der Waals surface area contributed by atoms with E-state index < -0.39 is 11.9 Å². The summed E-state index contributed by atoms with van der Waals surface area (Å²) in [4.78, 5) is 22.4. The number of rotatable bonds is 2. The summed E-state index contributed by atoms with van der Waals surface area (Å²) in [6, 6.07) is 9.93. The summed E-state index contributed by atoms with van der Waals surface area (Å²) in [6.45, 7) is 2.05. The summed E-state index contributed by atoms with van der Waals surface area (Å²) in [5, 5.41) is 0. The van der Waals surface area contributed by atoms with E-state index in [1.807, 2.05) is 37.3 Å². The van der Waals surface area contributed by atoms with Gasteiger partial charge in [-0.3, -0.25) is 9.59 Å². The smallest absolute Gasteiger partial charge is 0.313 e. The first kappa shape index (κ1) is 10.9. The lowest BCUT2D eigenvalue weighted by atomic mass is 9.82. The van der Waals surface area contributed by atoms with E-state index in [4.69, 9.17) is 0 Å². The molecule has 0 amide bonds. The van der Waals surface area contributed by atoms with Gasteiger partial charge in [-0.2, -0.15) is 0 Å². The molecule has 1 aromatic carbocycles. The van der Waals surface area contributed by atoms with E-state index in [2.05, 4.69) is 4.74 Å². The van der Waals surface area contributed by atoms with Crippen LogP contribution in [0, 0.1) is 5.92 Å². The van der Waals surface area contributed by atoms with Crippen molar-refractivity contribution >= 4 is 11.9 Å². The van der Waals surface area contributed by atoms with Gasteiger partial charge in [-0.25, -0.2) is 0 Å². The van der Waals surface area contributed by atoms with Crippen LogP contribution in [0.5, 0.6) is 0 Å². The van der Waals surface area contributed by atoms with Gasteiger partial charge in [0.05, 0.1) is 0 Å². The van der Waals surface area contributed by atoms with Crippen LogP contribution >= 0.6 is 0 Å². The summed E-state index contributed by atoms with van der Waals surface area (Å²) in [5.74, 6) is -0.526. The maximum absolute atomic E-state index is 11.2. The van der Waals surface area contributed by atoms with Crippen molar-refractivity contribution in [3.05, 3.63) is 35.9 Å². The third-order valence-electron chi connectivity index (χ3n) is 3.12. The fraction of sp³-hybridized carbons (Fsp3) is 0.385. The molecule has 1 unspecified atom stereocenters. The monoisotopic (exact) mass is 218 g/mol. The predicted molar refractivity (Wildman–Crippen MR) is 58.7 cm³/mol. The van der Waals surface area contributed by atoms with Gasteiger partial charge < -0.3 is 4.74 Å². The Balaban J connectivity index is 2.13. The van der Waals surface area contributed by atoms with Gasteiger partial charge in [-0.1, -0.05) is 37.3 Å². The fourth-order valence-corrected chi connectivity index (χ4v) is 2.09. The van der Waals surface area contributed by atoms with Gasteiger partial charge in [0, 0.05) is 12.8 Å². The number of hydrogen-bond donors (Lipinski definition) is 0. The van der Waals surface area contributed by atoms with Crippen LogP contribution in [0.3, 0.4) is 0 Å². The number of carbonyl (C=O) groups is 2. The minimum Gasteiger partial charge on any atom is -0.393 e. The molecule has 0 aromatic heterocycles. The molecule has 0 N–H and O–H groups in total. The molecule has 3 heteroatoms. The Labute approximate surface area is 94.4 Å². The van der Waals surface area contributed by atoms with Gasteiger partial charge in [0.25, 0.3) is 0 Å². The number of cyclic esters (lactones) is 2. The maximum atomic E-state index is 11.2. The second-order valence-corrected chi connectivity index (χ2v) is 4.21. The molecule has 3 nitrogen and oxygen atoms in total. The summed E-state index contributed by atoms with van der Waals surface area (Å²) in [7, 11) is 0. The van der Waals surface area contributed by atoms with Crippen molar-refractivity contribution in [1.82, 2.24) is 0 Å². The van der Waals surface area contributed by atoms with E-state index in [1.165, 1.54) is 0 Å². The molecule has 0 bridgehead atoms. The van der Waals surface area contributed by atoms with Crippen LogP contribution in [-0.2, 0) is 14.3 Å². The Morgan fingerprint density at radius 3 is 2.25 bits per heavy atom. The highest BCUT2D eigenvalue weighted by atomic mass is 16.6. The molecule has 0 saturated carbocycles. The molecule has 1 fully saturated rings. The number of ether oxygens (including phenoxy) is 1. The summed E-state index contributed by atoms with van der Waals surface area (Å²) in [5.41, 5.74) is 1.16. The molecular weight excluding hydrogens is 204 g/mol. The Morgan fingerprint density at radius 2 is 1.69 bits per heavy atom. The Hall–Kier alpha value is -1.64. The van der Waals surface area contributed by atoms with E-state index in [1.54, 1.807) is 0 Å². The highest BCUT2D eigenvalue weighted by Crippen LogP contribution is 2.32. The van der Waals surface area contributed by atoms with Crippen molar-refractivity contribution < 1.29 is 14.3 Å². The minimum absolute atomic E-state index is 0.0659. The zero-order valence-corrected chi connectivity index (χ0v) is 9.18. The SMILES string of the molecule is CC(c1ccccc1)C1CC(=O)OC(=O)C1. The fourth-order valence-electron chi connectivity index (χ4n) is 2.09. The zero-order chi connectivity index (χ0) is 11.5. The molecule has 16 heavy (non-hydrogen) atoms. The molecule has 2 rings (SSSR count). The average Bonchev–Trinajstić information content (AvgIpc) is 2.28. The van der Waals surface area contributed by atoms with Crippen molar-refractivity contribution in [2.75, 3.05) is 0 Å². The standard InChI is InChI=1S/C13H14O3/c1-9(10-5-3-2-4-6-10)11-7-12(14)16-13(15)8-11/h2-6,9,11H,7-8H2,1H3. The lowest BCUT2D eigenvalue weighted by molar-refractivity contribution is -0.165. The topological polar surface area (TPSA) is 43.4 Å². The van der Waals surface area contributed by atoms with Gasteiger partial charge in [0.1, 0.15) is 0 Å². The van der Waals surface area contributed by atoms with Crippen LogP contribution in [0.15, 0.2) is 30.3 Å². The molecular formula is C13H14O3. The highest BCUT2D eigenvalue weighted by Gasteiger charge is 2.31. The van der Waals surface area contributed by atoms with Gasteiger partial charge in [0.15, 0.2) is 0 Å². The highest BCUT2D eigenvalue weighted by molar-refractivity contribution is 5.88. The molecule has 84 valence electrons. The van der Waals surface area contributed by atoms with Crippen molar-refractivity contribution in [2.45, 2.75) is 25.7 Å². The zero-order valence-electron chi connectivity index (χ0n) is 9.18. The van der Waals surface area contributed by atoms with Crippen molar-refractivity contribution in [1.29, 1.82) is 0 Å². The lowest BCUT2D eigenvalue weighted by Crippen LogP contribution is -2.28. The summed E-state index contributed by atoms with van der Waals surface area (Å²) < 4.78 is 4.52. The third kappa shape index (κ3) is 2.30. The van der Waals surface area contributed by atoms with Gasteiger partial charge in [-0.15, -0.1) is 0 Å². The van der Waals surface area contributed by atoms with E-state index in [0.717, 1.165) is 5.56 Å². The first-order chi connectivity index (χ1) is 7.66. The number of hydrogen-bond acceptors (Lipinski definition) is 3. The molecule has 0 spiro atoms.